The molecule has 1 spiro atoms. The van der Waals surface area contributed by atoms with Crippen LogP contribution in [0.15, 0.2) is 34.1 Å². The zero-order valence-corrected chi connectivity index (χ0v) is 14.4. The van der Waals surface area contributed by atoms with Crippen molar-refractivity contribution < 1.29 is 9.53 Å². The van der Waals surface area contributed by atoms with Crippen LogP contribution >= 0.6 is 15.9 Å². The molecule has 1 atom stereocenters. The van der Waals surface area contributed by atoms with Gasteiger partial charge in [-0.3, -0.25) is 5.10 Å². The van der Waals surface area contributed by atoms with Crippen LogP contribution in [0.3, 0.4) is 0 Å². The first-order chi connectivity index (χ1) is 11.4. The molecule has 2 aromatic rings. The van der Waals surface area contributed by atoms with Crippen molar-refractivity contribution in [2.45, 2.75) is 12.3 Å². The zero-order valence-electron chi connectivity index (χ0n) is 12.8. The number of anilines is 1. The molecule has 0 fully saturated rings. The Morgan fingerprint density at radius 2 is 2.25 bits per heavy atom. The predicted molar refractivity (Wildman–Crippen MR) is 89.1 cm³/mol. The van der Waals surface area contributed by atoms with Gasteiger partial charge in [-0.05, 0) is 25.1 Å². The molecule has 3 N–H and O–H groups in total. The van der Waals surface area contributed by atoms with Crippen LogP contribution < -0.4 is 15.4 Å². The fourth-order valence-corrected chi connectivity index (χ4v) is 3.89. The number of rotatable bonds is 0. The Bertz CT molecular complexity index is 987. The Balaban J connectivity index is 2.21. The number of carbonyl (C=O) groups excluding carboxylic acids is 1. The molecule has 0 bridgehead atoms. The molecular formula is C16H12BrN5O2. The highest BCUT2D eigenvalue weighted by atomic mass is 79.9. The molecule has 24 heavy (non-hydrogen) atoms. The maximum atomic E-state index is 13.0. The number of carbonyl (C=O) groups is 1. The molecule has 2 aliphatic rings. The molecule has 3 heterocycles. The topological polar surface area (TPSA) is 108 Å². The van der Waals surface area contributed by atoms with Gasteiger partial charge in [-0.2, -0.15) is 5.26 Å². The highest BCUT2D eigenvalue weighted by molar-refractivity contribution is 9.10. The molecule has 120 valence electrons. The van der Waals surface area contributed by atoms with Gasteiger partial charge in [0.1, 0.15) is 11.9 Å². The van der Waals surface area contributed by atoms with Gasteiger partial charge in [-0.1, -0.05) is 15.9 Å². The van der Waals surface area contributed by atoms with Crippen molar-refractivity contribution in [2.24, 2.45) is 5.73 Å². The molecule has 7 nitrogen and oxygen atoms in total. The standard InChI is InChI=1S/C16H12BrN5O2/c1-7-12-14(21-20-7)24-15(23)16(12)9-5-8(17)3-4-11(9)22(2)13(19)10(16)6-18/h3-5H,19H2,1-2H3,(H,20,21)/t16-/m1/s1. The Labute approximate surface area is 145 Å². The number of halogens is 1. The molecule has 0 saturated heterocycles. The van der Waals surface area contributed by atoms with Gasteiger partial charge in [0.2, 0.25) is 5.88 Å². The first-order valence-electron chi connectivity index (χ1n) is 7.14. The number of nitrogens with zero attached hydrogens (tertiary/aromatic N) is 3. The third-order valence-electron chi connectivity index (χ3n) is 4.61. The van der Waals surface area contributed by atoms with Crippen LogP contribution in [0.4, 0.5) is 5.69 Å². The molecule has 4 rings (SSSR count). The molecule has 1 aromatic carbocycles. The summed E-state index contributed by atoms with van der Waals surface area (Å²) in [5, 5.41) is 16.7. The van der Waals surface area contributed by atoms with E-state index >= 15 is 0 Å². The average Bonchev–Trinajstić information content (AvgIpc) is 3.05. The van der Waals surface area contributed by atoms with Gasteiger partial charge in [0.15, 0.2) is 5.41 Å². The van der Waals surface area contributed by atoms with Crippen molar-refractivity contribution in [1.82, 2.24) is 10.2 Å². The van der Waals surface area contributed by atoms with Gasteiger partial charge in [-0.25, -0.2) is 4.79 Å². The van der Waals surface area contributed by atoms with Crippen molar-refractivity contribution in [3.63, 3.8) is 0 Å². The molecule has 0 saturated carbocycles. The lowest BCUT2D eigenvalue weighted by Gasteiger charge is -2.38. The first kappa shape index (κ1) is 14.8. The van der Waals surface area contributed by atoms with E-state index in [0.717, 1.165) is 10.2 Å². The third kappa shape index (κ3) is 1.50. The predicted octanol–water partition coefficient (Wildman–Crippen LogP) is 1.83. The lowest BCUT2D eigenvalue weighted by Crippen LogP contribution is -2.46. The molecule has 1 aromatic heterocycles. The van der Waals surface area contributed by atoms with E-state index in [9.17, 15) is 10.1 Å². The maximum absolute atomic E-state index is 13.0. The van der Waals surface area contributed by atoms with E-state index in [1.165, 1.54) is 0 Å². The van der Waals surface area contributed by atoms with Crippen LogP contribution in [0.2, 0.25) is 0 Å². The zero-order chi connectivity index (χ0) is 17.2. The lowest BCUT2D eigenvalue weighted by atomic mass is 9.68. The number of aromatic nitrogens is 2. The van der Waals surface area contributed by atoms with E-state index in [1.807, 2.05) is 18.2 Å². The molecule has 0 amide bonds. The second-order valence-electron chi connectivity index (χ2n) is 5.76. The first-order valence-corrected chi connectivity index (χ1v) is 7.94. The average molecular weight is 386 g/mol. The summed E-state index contributed by atoms with van der Waals surface area (Å²) in [5.41, 5.74) is 7.52. The number of aromatic amines is 1. The number of benzene rings is 1. The maximum Gasteiger partial charge on any atom is 0.333 e. The van der Waals surface area contributed by atoms with Gasteiger partial charge in [-0.15, -0.1) is 5.10 Å². The molecular weight excluding hydrogens is 374 g/mol. The third-order valence-corrected chi connectivity index (χ3v) is 5.11. The molecule has 2 aliphatic heterocycles. The van der Waals surface area contributed by atoms with Crippen molar-refractivity contribution in [3.05, 3.63) is 50.9 Å². The number of H-pyrrole nitrogens is 1. The molecule has 0 radical (unpaired) electrons. The van der Waals surface area contributed by atoms with Gasteiger partial charge in [0.25, 0.3) is 0 Å². The summed E-state index contributed by atoms with van der Waals surface area (Å²) < 4.78 is 6.16. The van der Waals surface area contributed by atoms with Crippen LogP contribution in [0.25, 0.3) is 0 Å². The number of hydrogen-bond donors (Lipinski definition) is 2. The fraction of sp³-hybridized carbons (Fsp3) is 0.188. The quantitative estimate of drug-likeness (QED) is 0.669. The van der Waals surface area contributed by atoms with Crippen LogP contribution in [0.5, 0.6) is 5.88 Å². The van der Waals surface area contributed by atoms with E-state index in [-0.39, 0.29) is 17.3 Å². The number of nitrogens with two attached hydrogens (primary N) is 1. The molecule has 8 heteroatoms. The minimum absolute atomic E-state index is 0.142. The summed E-state index contributed by atoms with van der Waals surface area (Å²) in [7, 11) is 1.76. The van der Waals surface area contributed by atoms with Crippen LogP contribution in [-0.4, -0.2) is 23.2 Å². The molecule has 0 aliphatic carbocycles. The lowest BCUT2D eigenvalue weighted by molar-refractivity contribution is -0.135. The second kappa shape index (κ2) is 4.61. The van der Waals surface area contributed by atoms with Gasteiger partial charge in [0, 0.05) is 28.5 Å². The number of aryl methyl sites for hydroxylation is 1. The van der Waals surface area contributed by atoms with Gasteiger partial charge < -0.3 is 15.4 Å². The minimum atomic E-state index is -1.41. The van der Waals surface area contributed by atoms with Crippen molar-refractivity contribution >= 4 is 27.6 Å². The van der Waals surface area contributed by atoms with Crippen LogP contribution in [0.1, 0.15) is 16.8 Å². The summed E-state index contributed by atoms with van der Waals surface area (Å²) >= 11 is 3.44. The number of hydrogen-bond acceptors (Lipinski definition) is 6. The highest BCUT2D eigenvalue weighted by Crippen LogP contribution is 2.55. The number of ether oxygens (including phenoxy) is 1. The van der Waals surface area contributed by atoms with E-state index in [0.29, 0.717) is 16.8 Å². The Morgan fingerprint density at radius 3 is 2.96 bits per heavy atom. The monoisotopic (exact) mass is 385 g/mol. The fourth-order valence-electron chi connectivity index (χ4n) is 3.53. The number of esters is 1. The van der Waals surface area contributed by atoms with Crippen molar-refractivity contribution in [2.75, 3.05) is 11.9 Å². The summed E-state index contributed by atoms with van der Waals surface area (Å²) in [6, 6.07) is 7.65. The summed E-state index contributed by atoms with van der Waals surface area (Å²) in [5.74, 6) is -0.157. The van der Waals surface area contributed by atoms with Crippen LogP contribution in [0, 0.1) is 18.3 Å². The van der Waals surface area contributed by atoms with Crippen LogP contribution in [-0.2, 0) is 10.2 Å². The van der Waals surface area contributed by atoms with E-state index in [2.05, 4.69) is 32.2 Å². The Morgan fingerprint density at radius 1 is 1.50 bits per heavy atom. The van der Waals surface area contributed by atoms with Crippen molar-refractivity contribution in [1.29, 1.82) is 5.26 Å². The highest BCUT2D eigenvalue weighted by Gasteiger charge is 2.60. The van der Waals surface area contributed by atoms with Crippen molar-refractivity contribution in [3.8, 4) is 11.9 Å². The second-order valence-corrected chi connectivity index (χ2v) is 6.68. The van der Waals surface area contributed by atoms with E-state index in [4.69, 9.17) is 10.5 Å². The summed E-state index contributed by atoms with van der Waals surface area (Å²) in [4.78, 5) is 14.7. The number of nitrogens with one attached hydrogen (secondary N) is 1. The Kier molecular flexibility index (Phi) is 2.84. The van der Waals surface area contributed by atoms with Gasteiger partial charge >= 0.3 is 5.97 Å². The van der Waals surface area contributed by atoms with E-state index in [1.54, 1.807) is 18.9 Å². The van der Waals surface area contributed by atoms with E-state index < -0.39 is 11.4 Å². The SMILES string of the molecule is Cc1[nH]nc2c1[C@]1(C(=O)O2)C(C#N)=C(N)N(C)c2ccc(Br)cc21. The van der Waals surface area contributed by atoms with Gasteiger partial charge in [0.05, 0.1) is 11.1 Å². The smallest absolute Gasteiger partial charge is 0.333 e. The Hall–Kier alpha value is -2.79. The summed E-state index contributed by atoms with van der Waals surface area (Å²) in [6.07, 6.45) is 0. The normalized spacial score (nSPS) is 21.6. The summed E-state index contributed by atoms with van der Waals surface area (Å²) in [6.45, 7) is 1.79. The molecule has 0 unspecified atom stereocenters. The minimum Gasteiger partial charge on any atom is -0.404 e. The number of fused-ring (bicyclic) bond motifs is 4. The number of nitriles is 1. The largest absolute Gasteiger partial charge is 0.404 e.